The second-order valence-electron chi connectivity index (χ2n) is 5.72. The highest BCUT2D eigenvalue weighted by molar-refractivity contribution is 9.10. The van der Waals surface area contributed by atoms with Crippen LogP contribution in [0, 0.1) is 0 Å². The summed E-state index contributed by atoms with van der Waals surface area (Å²) in [5.74, 6) is 0.656. The first-order chi connectivity index (χ1) is 9.77. The van der Waals surface area contributed by atoms with E-state index in [9.17, 15) is 0 Å². The van der Waals surface area contributed by atoms with Crippen LogP contribution in [0.15, 0.2) is 28.7 Å². The van der Waals surface area contributed by atoms with Crippen LogP contribution in [0.2, 0.25) is 0 Å². The number of hydrogen-bond donors (Lipinski definition) is 1. The molecule has 1 aromatic carbocycles. The summed E-state index contributed by atoms with van der Waals surface area (Å²) in [7, 11) is 2.05. The van der Waals surface area contributed by atoms with Crippen LogP contribution < -0.4 is 5.32 Å². The van der Waals surface area contributed by atoms with Gasteiger partial charge in [0.05, 0.1) is 0 Å². The Hall–Kier alpha value is -0.340. The van der Waals surface area contributed by atoms with E-state index in [2.05, 4.69) is 59.5 Å². The zero-order valence-corrected chi connectivity index (χ0v) is 14.7. The smallest absolute Gasteiger partial charge is 0.0175 e. The number of halogens is 1. The van der Waals surface area contributed by atoms with E-state index in [0.717, 1.165) is 6.54 Å². The first kappa shape index (κ1) is 17.7. The van der Waals surface area contributed by atoms with Gasteiger partial charge in [-0.05, 0) is 37.1 Å². The molecule has 1 unspecified atom stereocenters. The van der Waals surface area contributed by atoms with E-state index in [4.69, 9.17) is 0 Å². The zero-order chi connectivity index (χ0) is 14.6. The summed E-state index contributed by atoms with van der Waals surface area (Å²) < 4.78 is 1.17. The highest BCUT2D eigenvalue weighted by atomic mass is 79.9. The van der Waals surface area contributed by atoms with Crippen molar-refractivity contribution < 1.29 is 0 Å². The number of nitrogens with one attached hydrogen (secondary N) is 1. The Balaban J connectivity index is 2.27. The topological polar surface area (TPSA) is 12.0 Å². The SMILES string of the molecule is CCCCCCCCCC(CNC)c1ccc(Br)cc1. The monoisotopic (exact) mass is 339 g/mol. The Morgan fingerprint density at radius 2 is 1.55 bits per heavy atom. The molecule has 1 atom stereocenters. The van der Waals surface area contributed by atoms with Crippen LogP contribution in [0.4, 0.5) is 0 Å². The van der Waals surface area contributed by atoms with Crippen LogP contribution >= 0.6 is 15.9 Å². The lowest BCUT2D eigenvalue weighted by molar-refractivity contribution is 0.519. The van der Waals surface area contributed by atoms with Crippen molar-refractivity contribution in [2.45, 2.75) is 64.2 Å². The molecule has 0 bridgehead atoms. The molecule has 0 aromatic heterocycles. The van der Waals surface area contributed by atoms with Crippen LogP contribution in [-0.4, -0.2) is 13.6 Å². The van der Waals surface area contributed by atoms with Gasteiger partial charge in [0.25, 0.3) is 0 Å². The summed E-state index contributed by atoms with van der Waals surface area (Å²) in [6.07, 6.45) is 11.0. The molecule has 0 aliphatic heterocycles. The minimum absolute atomic E-state index is 0.656. The minimum Gasteiger partial charge on any atom is -0.319 e. The Morgan fingerprint density at radius 1 is 0.950 bits per heavy atom. The summed E-state index contributed by atoms with van der Waals surface area (Å²) in [6.45, 7) is 3.36. The van der Waals surface area contributed by atoms with E-state index in [1.807, 2.05) is 0 Å². The van der Waals surface area contributed by atoms with Crippen molar-refractivity contribution in [3.63, 3.8) is 0 Å². The number of hydrogen-bond acceptors (Lipinski definition) is 1. The van der Waals surface area contributed by atoms with Crippen LogP contribution in [-0.2, 0) is 0 Å². The normalized spacial score (nSPS) is 12.6. The quantitative estimate of drug-likeness (QED) is 0.495. The fourth-order valence-corrected chi connectivity index (χ4v) is 2.98. The maximum Gasteiger partial charge on any atom is 0.0175 e. The predicted octanol–water partition coefficient (Wildman–Crippen LogP) is 5.89. The fraction of sp³-hybridized carbons (Fsp3) is 0.667. The Morgan fingerprint density at radius 3 is 2.15 bits per heavy atom. The van der Waals surface area contributed by atoms with E-state index in [1.165, 1.54) is 61.4 Å². The second-order valence-corrected chi connectivity index (χ2v) is 6.63. The number of benzene rings is 1. The van der Waals surface area contributed by atoms with Gasteiger partial charge in [0.2, 0.25) is 0 Å². The molecule has 0 amide bonds. The van der Waals surface area contributed by atoms with Crippen molar-refractivity contribution in [1.29, 1.82) is 0 Å². The molecule has 20 heavy (non-hydrogen) atoms. The van der Waals surface area contributed by atoms with Gasteiger partial charge in [-0.3, -0.25) is 0 Å². The third-order valence-corrected chi connectivity index (χ3v) is 4.48. The molecule has 0 saturated carbocycles. The van der Waals surface area contributed by atoms with Gasteiger partial charge in [0.15, 0.2) is 0 Å². The van der Waals surface area contributed by atoms with Crippen LogP contribution in [0.25, 0.3) is 0 Å². The lowest BCUT2D eigenvalue weighted by Gasteiger charge is -2.17. The van der Waals surface area contributed by atoms with Gasteiger partial charge in [0, 0.05) is 11.0 Å². The number of unbranched alkanes of at least 4 members (excludes halogenated alkanes) is 6. The molecule has 1 nitrogen and oxygen atoms in total. The third-order valence-electron chi connectivity index (χ3n) is 3.95. The first-order valence-corrected chi connectivity index (χ1v) is 8.97. The average molecular weight is 340 g/mol. The molecule has 1 N–H and O–H groups in total. The minimum atomic E-state index is 0.656. The average Bonchev–Trinajstić information content (AvgIpc) is 2.46. The maximum absolute atomic E-state index is 3.51. The van der Waals surface area contributed by atoms with Gasteiger partial charge in [-0.2, -0.15) is 0 Å². The molecule has 114 valence electrons. The van der Waals surface area contributed by atoms with E-state index >= 15 is 0 Å². The molecular weight excluding hydrogens is 310 g/mol. The molecule has 0 spiro atoms. The van der Waals surface area contributed by atoms with Crippen molar-refractivity contribution in [3.05, 3.63) is 34.3 Å². The molecule has 1 aromatic rings. The maximum atomic E-state index is 3.51. The van der Waals surface area contributed by atoms with Crippen LogP contribution in [0.3, 0.4) is 0 Å². The number of rotatable bonds is 11. The Labute approximate surface area is 133 Å². The summed E-state index contributed by atoms with van der Waals surface area (Å²) >= 11 is 3.51. The van der Waals surface area contributed by atoms with Crippen molar-refractivity contribution in [2.24, 2.45) is 0 Å². The molecule has 1 rings (SSSR count). The first-order valence-electron chi connectivity index (χ1n) is 8.18. The second kappa shape index (κ2) is 11.3. The van der Waals surface area contributed by atoms with E-state index in [-0.39, 0.29) is 0 Å². The predicted molar refractivity (Wildman–Crippen MR) is 93.4 cm³/mol. The van der Waals surface area contributed by atoms with E-state index < -0.39 is 0 Å². The molecule has 0 saturated heterocycles. The van der Waals surface area contributed by atoms with Crippen LogP contribution in [0.1, 0.15) is 69.8 Å². The molecular formula is C18H30BrN. The van der Waals surface area contributed by atoms with Crippen LogP contribution in [0.5, 0.6) is 0 Å². The van der Waals surface area contributed by atoms with E-state index in [0.29, 0.717) is 5.92 Å². The lowest BCUT2D eigenvalue weighted by Crippen LogP contribution is -2.17. The van der Waals surface area contributed by atoms with Gasteiger partial charge in [-0.15, -0.1) is 0 Å². The fourth-order valence-electron chi connectivity index (χ4n) is 2.72. The molecule has 2 heteroatoms. The standard InChI is InChI=1S/C18H30BrN/c1-3-4-5-6-7-8-9-10-17(15-20-2)16-11-13-18(19)14-12-16/h11-14,17,20H,3-10,15H2,1-2H3. The summed E-state index contributed by atoms with van der Waals surface area (Å²) in [5, 5.41) is 3.34. The van der Waals surface area contributed by atoms with Crippen molar-refractivity contribution in [3.8, 4) is 0 Å². The highest BCUT2D eigenvalue weighted by Crippen LogP contribution is 2.24. The van der Waals surface area contributed by atoms with Gasteiger partial charge in [-0.25, -0.2) is 0 Å². The third kappa shape index (κ3) is 7.44. The molecule has 0 radical (unpaired) electrons. The van der Waals surface area contributed by atoms with Crippen molar-refractivity contribution in [1.82, 2.24) is 5.32 Å². The molecule has 0 aliphatic rings. The molecule has 0 fully saturated rings. The Kier molecular flexibility index (Phi) is 10.0. The largest absolute Gasteiger partial charge is 0.319 e. The van der Waals surface area contributed by atoms with Gasteiger partial charge in [-0.1, -0.05) is 79.9 Å². The number of likely N-dealkylation sites (N-methyl/N-ethyl adjacent to an activating group) is 1. The Bertz CT molecular complexity index is 334. The van der Waals surface area contributed by atoms with Crippen molar-refractivity contribution in [2.75, 3.05) is 13.6 Å². The zero-order valence-electron chi connectivity index (χ0n) is 13.1. The van der Waals surface area contributed by atoms with Gasteiger partial charge in [0.1, 0.15) is 0 Å². The highest BCUT2D eigenvalue weighted by Gasteiger charge is 2.10. The van der Waals surface area contributed by atoms with Crippen molar-refractivity contribution >= 4 is 15.9 Å². The van der Waals surface area contributed by atoms with Gasteiger partial charge >= 0.3 is 0 Å². The summed E-state index contributed by atoms with van der Waals surface area (Å²) in [4.78, 5) is 0. The van der Waals surface area contributed by atoms with E-state index in [1.54, 1.807) is 0 Å². The molecule has 0 aliphatic carbocycles. The summed E-state index contributed by atoms with van der Waals surface area (Å²) in [5.41, 5.74) is 1.47. The lowest BCUT2D eigenvalue weighted by atomic mass is 9.93. The van der Waals surface area contributed by atoms with Gasteiger partial charge < -0.3 is 5.32 Å². The summed E-state index contributed by atoms with van der Waals surface area (Å²) in [6, 6.07) is 8.83. The molecule has 0 heterocycles.